The van der Waals surface area contributed by atoms with Gasteiger partial charge in [0.1, 0.15) is 0 Å². The van der Waals surface area contributed by atoms with E-state index in [1.54, 1.807) is 0 Å². The summed E-state index contributed by atoms with van der Waals surface area (Å²) < 4.78 is 0. The topological polar surface area (TPSA) is 37.8 Å². The van der Waals surface area contributed by atoms with Gasteiger partial charge in [-0.25, -0.2) is 0 Å². The summed E-state index contributed by atoms with van der Waals surface area (Å²) in [5.74, 6) is 0. The van der Waals surface area contributed by atoms with Crippen molar-refractivity contribution in [2.45, 2.75) is 52.5 Å². The number of nitrogens with one attached hydrogen (secondary N) is 1. The summed E-state index contributed by atoms with van der Waals surface area (Å²) in [7, 11) is 2.02. The molecule has 1 aromatic heterocycles. The Morgan fingerprint density at radius 1 is 1.25 bits per heavy atom. The van der Waals surface area contributed by atoms with Crippen molar-refractivity contribution in [2.24, 2.45) is 0 Å². The average molecular weight is 221 g/mol. The molecule has 16 heavy (non-hydrogen) atoms. The van der Waals surface area contributed by atoms with Crippen molar-refractivity contribution in [3.05, 3.63) is 23.0 Å². The molecule has 0 aliphatic rings. The monoisotopic (exact) mass is 221 g/mol. The highest BCUT2D eigenvalue weighted by molar-refractivity contribution is 5.23. The number of rotatable bonds is 6. The summed E-state index contributed by atoms with van der Waals surface area (Å²) >= 11 is 0. The first-order valence-electron chi connectivity index (χ1n) is 6.17. The quantitative estimate of drug-likeness (QED) is 0.750. The summed E-state index contributed by atoms with van der Waals surface area (Å²) in [4.78, 5) is 0. The van der Waals surface area contributed by atoms with Crippen molar-refractivity contribution in [1.29, 1.82) is 0 Å². The van der Waals surface area contributed by atoms with E-state index in [4.69, 9.17) is 0 Å². The van der Waals surface area contributed by atoms with Gasteiger partial charge in [0.15, 0.2) is 0 Å². The van der Waals surface area contributed by atoms with Crippen molar-refractivity contribution in [3.8, 4) is 0 Å². The van der Waals surface area contributed by atoms with Crippen molar-refractivity contribution >= 4 is 0 Å². The van der Waals surface area contributed by atoms with Crippen LogP contribution in [-0.4, -0.2) is 17.2 Å². The van der Waals surface area contributed by atoms with E-state index in [0.717, 1.165) is 11.4 Å². The van der Waals surface area contributed by atoms with Crippen LogP contribution in [0, 0.1) is 13.8 Å². The fourth-order valence-corrected chi connectivity index (χ4v) is 1.98. The Labute approximate surface area is 98.7 Å². The molecule has 0 radical (unpaired) electrons. The lowest BCUT2D eigenvalue weighted by Crippen LogP contribution is -2.18. The van der Waals surface area contributed by atoms with Gasteiger partial charge in [-0.3, -0.25) is 0 Å². The maximum absolute atomic E-state index is 4.19. The van der Waals surface area contributed by atoms with Gasteiger partial charge in [0.25, 0.3) is 0 Å². The minimum atomic E-state index is 0.417. The fraction of sp³-hybridized carbons (Fsp3) is 0.692. The van der Waals surface area contributed by atoms with E-state index < -0.39 is 0 Å². The van der Waals surface area contributed by atoms with E-state index in [1.165, 1.54) is 31.2 Å². The second kappa shape index (κ2) is 6.59. The molecule has 1 atom stereocenters. The number of nitrogens with zero attached hydrogens (tertiary/aromatic N) is 2. The maximum atomic E-state index is 4.19. The SMILES string of the molecule is CCCCCC(NC)c1cc(C)nnc1C. The molecule has 0 bridgehead atoms. The Morgan fingerprint density at radius 3 is 2.62 bits per heavy atom. The second-order valence-electron chi connectivity index (χ2n) is 4.36. The summed E-state index contributed by atoms with van der Waals surface area (Å²) in [5.41, 5.74) is 3.34. The lowest BCUT2D eigenvalue weighted by Gasteiger charge is -2.18. The smallest absolute Gasteiger partial charge is 0.0648 e. The van der Waals surface area contributed by atoms with Crippen LogP contribution in [0.5, 0.6) is 0 Å². The maximum Gasteiger partial charge on any atom is 0.0648 e. The zero-order valence-corrected chi connectivity index (χ0v) is 10.9. The van der Waals surface area contributed by atoms with Gasteiger partial charge in [-0.1, -0.05) is 26.2 Å². The predicted molar refractivity (Wildman–Crippen MR) is 67.4 cm³/mol. The third-order valence-electron chi connectivity index (χ3n) is 2.96. The van der Waals surface area contributed by atoms with Gasteiger partial charge < -0.3 is 5.32 Å². The largest absolute Gasteiger partial charge is 0.313 e. The van der Waals surface area contributed by atoms with Gasteiger partial charge >= 0.3 is 0 Å². The molecule has 0 spiro atoms. The van der Waals surface area contributed by atoms with Crippen LogP contribution in [0.2, 0.25) is 0 Å². The summed E-state index contributed by atoms with van der Waals surface area (Å²) in [6.45, 7) is 6.26. The highest BCUT2D eigenvalue weighted by Gasteiger charge is 2.12. The molecule has 0 aliphatic carbocycles. The minimum Gasteiger partial charge on any atom is -0.313 e. The Kier molecular flexibility index (Phi) is 5.39. The number of unbranched alkanes of at least 4 members (excludes halogenated alkanes) is 2. The Balaban J connectivity index is 2.73. The molecule has 3 nitrogen and oxygen atoms in total. The van der Waals surface area contributed by atoms with Crippen LogP contribution in [0.3, 0.4) is 0 Å². The van der Waals surface area contributed by atoms with Gasteiger partial charge in [-0.05, 0) is 38.9 Å². The van der Waals surface area contributed by atoms with Gasteiger partial charge in [0.05, 0.1) is 11.4 Å². The molecule has 0 saturated heterocycles. The van der Waals surface area contributed by atoms with E-state index in [9.17, 15) is 0 Å². The molecule has 0 aliphatic heterocycles. The zero-order chi connectivity index (χ0) is 12.0. The van der Waals surface area contributed by atoms with E-state index in [0.29, 0.717) is 6.04 Å². The van der Waals surface area contributed by atoms with Crippen LogP contribution in [0.15, 0.2) is 6.07 Å². The highest BCUT2D eigenvalue weighted by Crippen LogP contribution is 2.21. The Bertz CT molecular complexity index is 323. The van der Waals surface area contributed by atoms with Crippen molar-refractivity contribution < 1.29 is 0 Å². The van der Waals surface area contributed by atoms with Crippen LogP contribution in [0.1, 0.15) is 55.6 Å². The highest BCUT2D eigenvalue weighted by atomic mass is 15.1. The van der Waals surface area contributed by atoms with E-state index in [-0.39, 0.29) is 0 Å². The third kappa shape index (κ3) is 3.56. The average Bonchev–Trinajstić information content (AvgIpc) is 2.28. The zero-order valence-electron chi connectivity index (χ0n) is 10.9. The first-order valence-corrected chi connectivity index (χ1v) is 6.17. The molecule has 1 aromatic rings. The summed E-state index contributed by atoms with van der Waals surface area (Å²) in [6.07, 6.45) is 5.01. The van der Waals surface area contributed by atoms with Crippen LogP contribution in [-0.2, 0) is 0 Å². The van der Waals surface area contributed by atoms with Crippen molar-refractivity contribution in [1.82, 2.24) is 15.5 Å². The Hall–Kier alpha value is -0.960. The lowest BCUT2D eigenvalue weighted by atomic mass is 9.99. The number of hydrogen-bond donors (Lipinski definition) is 1. The molecule has 1 N–H and O–H groups in total. The predicted octanol–water partition coefficient (Wildman–Crippen LogP) is 2.93. The molecular formula is C13H23N3. The van der Waals surface area contributed by atoms with Crippen LogP contribution < -0.4 is 5.32 Å². The second-order valence-corrected chi connectivity index (χ2v) is 4.36. The van der Waals surface area contributed by atoms with E-state index >= 15 is 0 Å². The standard InChI is InChI=1S/C13H23N3/c1-5-6-7-8-13(14-4)12-9-10(2)15-16-11(12)3/h9,13-14H,5-8H2,1-4H3. The van der Waals surface area contributed by atoms with Crippen molar-refractivity contribution in [3.63, 3.8) is 0 Å². The Morgan fingerprint density at radius 2 is 2.00 bits per heavy atom. The van der Waals surface area contributed by atoms with Gasteiger partial charge in [-0.2, -0.15) is 10.2 Å². The van der Waals surface area contributed by atoms with Crippen LogP contribution in [0.25, 0.3) is 0 Å². The van der Waals surface area contributed by atoms with Gasteiger partial charge in [0.2, 0.25) is 0 Å². The first kappa shape index (κ1) is 13.1. The molecule has 0 amide bonds. The van der Waals surface area contributed by atoms with Crippen LogP contribution in [0.4, 0.5) is 0 Å². The van der Waals surface area contributed by atoms with Gasteiger partial charge in [-0.15, -0.1) is 0 Å². The molecule has 1 unspecified atom stereocenters. The van der Waals surface area contributed by atoms with E-state index in [2.05, 4.69) is 28.5 Å². The van der Waals surface area contributed by atoms with Gasteiger partial charge in [0, 0.05) is 6.04 Å². The number of aryl methyl sites for hydroxylation is 2. The molecule has 0 fully saturated rings. The van der Waals surface area contributed by atoms with E-state index in [1.807, 2.05) is 20.9 Å². The lowest BCUT2D eigenvalue weighted by molar-refractivity contribution is 0.506. The normalized spacial score (nSPS) is 12.8. The molecule has 0 saturated carbocycles. The van der Waals surface area contributed by atoms with Crippen LogP contribution >= 0.6 is 0 Å². The third-order valence-corrected chi connectivity index (χ3v) is 2.96. The number of hydrogen-bond acceptors (Lipinski definition) is 3. The minimum absolute atomic E-state index is 0.417. The molecule has 1 heterocycles. The molecule has 0 aromatic carbocycles. The summed E-state index contributed by atoms with van der Waals surface area (Å²) in [5, 5.41) is 11.6. The van der Waals surface area contributed by atoms with Crippen molar-refractivity contribution in [2.75, 3.05) is 7.05 Å². The first-order chi connectivity index (χ1) is 7.69. The number of aromatic nitrogens is 2. The molecular weight excluding hydrogens is 198 g/mol. The molecule has 3 heteroatoms. The summed E-state index contributed by atoms with van der Waals surface area (Å²) in [6, 6.07) is 2.57. The fourth-order valence-electron chi connectivity index (χ4n) is 1.98. The molecule has 1 rings (SSSR count). The molecule has 90 valence electrons.